The average molecular weight is 646 g/mol. The number of carbonyl (C=O) groups excluding carboxylic acids is 2. The lowest BCUT2D eigenvalue weighted by Crippen LogP contribution is -2.46. The average Bonchev–Trinajstić information content (AvgIpc) is 3.72. The highest BCUT2D eigenvalue weighted by atomic mass is 19.4. The monoisotopic (exact) mass is 645 g/mol. The minimum Gasteiger partial charge on any atom is -0.372 e. The van der Waals surface area contributed by atoms with Gasteiger partial charge in [0.1, 0.15) is 22.5 Å². The van der Waals surface area contributed by atoms with Gasteiger partial charge in [-0.3, -0.25) is 19.7 Å². The van der Waals surface area contributed by atoms with Crippen LogP contribution in [0.4, 0.5) is 22.0 Å². The molecule has 1 aliphatic carbocycles. The number of carbonyl (C=O) groups is 2. The molecular formula is C30H32F5N9O2. The number of rotatable bonds is 13. The molecule has 0 atom stereocenters. The van der Waals surface area contributed by atoms with Crippen LogP contribution in [0.1, 0.15) is 36.7 Å². The van der Waals surface area contributed by atoms with Gasteiger partial charge >= 0.3 is 6.18 Å². The van der Waals surface area contributed by atoms with Crippen molar-refractivity contribution in [1.82, 2.24) is 35.2 Å². The Morgan fingerprint density at radius 1 is 1.20 bits per heavy atom. The van der Waals surface area contributed by atoms with Gasteiger partial charge in [0.05, 0.1) is 30.0 Å². The van der Waals surface area contributed by atoms with Crippen molar-refractivity contribution in [2.24, 2.45) is 5.73 Å². The summed E-state index contributed by atoms with van der Waals surface area (Å²) in [6.07, 6.45) is 4.83. The Hall–Kier alpha value is -5.25. The topological polar surface area (TPSA) is 157 Å². The number of nitrogens with two attached hydrogens (primary N) is 1. The van der Waals surface area contributed by atoms with E-state index in [1.54, 1.807) is 25.1 Å². The van der Waals surface area contributed by atoms with Crippen molar-refractivity contribution in [1.29, 1.82) is 5.41 Å². The first-order valence-corrected chi connectivity index (χ1v) is 13.8. The molecule has 1 aliphatic rings. The summed E-state index contributed by atoms with van der Waals surface area (Å²) in [5.74, 6) is -1.38. The predicted octanol–water partition coefficient (Wildman–Crippen LogP) is 3.86. The third-order valence-corrected chi connectivity index (χ3v) is 6.79. The summed E-state index contributed by atoms with van der Waals surface area (Å²) in [6, 6.07) is 5.80. The van der Waals surface area contributed by atoms with Gasteiger partial charge in [0.2, 0.25) is 18.8 Å². The fourth-order valence-corrected chi connectivity index (χ4v) is 4.41. The van der Waals surface area contributed by atoms with Crippen molar-refractivity contribution < 1.29 is 31.5 Å². The summed E-state index contributed by atoms with van der Waals surface area (Å²) in [4.78, 5) is 23.4. The molecule has 46 heavy (non-hydrogen) atoms. The molecule has 1 saturated carbocycles. The minimum atomic E-state index is -4.39. The van der Waals surface area contributed by atoms with E-state index in [1.165, 1.54) is 46.0 Å². The van der Waals surface area contributed by atoms with Gasteiger partial charge in [-0.1, -0.05) is 18.7 Å². The maximum absolute atomic E-state index is 13.6. The third kappa shape index (κ3) is 8.90. The smallest absolute Gasteiger partial charge is 0.372 e. The van der Waals surface area contributed by atoms with Crippen molar-refractivity contribution in [2.75, 3.05) is 6.54 Å². The van der Waals surface area contributed by atoms with Crippen LogP contribution in [-0.2, 0) is 22.7 Å². The van der Waals surface area contributed by atoms with Crippen LogP contribution in [0.2, 0.25) is 0 Å². The van der Waals surface area contributed by atoms with Gasteiger partial charge in [0, 0.05) is 25.0 Å². The van der Waals surface area contributed by atoms with Gasteiger partial charge in [0.15, 0.2) is 0 Å². The zero-order valence-electron chi connectivity index (χ0n) is 24.7. The normalized spacial score (nSPS) is 14.2. The van der Waals surface area contributed by atoms with Gasteiger partial charge < -0.3 is 16.4 Å². The number of halogens is 5. The summed E-state index contributed by atoms with van der Waals surface area (Å²) in [6.45, 7) is 4.83. The molecular weight excluding hydrogens is 613 g/mol. The predicted molar refractivity (Wildman–Crippen MR) is 161 cm³/mol. The van der Waals surface area contributed by atoms with Crippen molar-refractivity contribution in [2.45, 2.75) is 44.6 Å². The summed E-state index contributed by atoms with van der Waals surface area (Å²) in [5.41, 5.74) is 4.61. The molecule has 244 valence electrons. The van der Waals surface area contributed by atoms with E-state index in [0.29, 0.717) is 40.2 Å². The highest BCUT2D eigenvalue weighted by Crippen LogP contribution is 2.48. The number of alkyl halides is 3. The van der Waals surface area contributed by atoms with E-state index in [4.69, 9.17) is 10.2 Å². The molecule has 4 rings (SSSR count). The molecule has 0 spiro atoms. The fraction of sp³-hybridized carbons (Fsp3) is 0.267. The van der Waals surface area contributed by atoms with Gasteiger partial charge in [-0.2, -0.15) is 27.8 Å². The number of nitrogens with one attached hydrogen (secondary N) is 3. The zero-order valence-corrected chi connectivity index (χ0v) is 24.7. The van der Waals surface area contributed by atoms with E-state index in [0.717, 1.165) is 6.08 Å². The SMILES string of the molecule is C=C(F)/C=C\C(=C/C)c1nn(CCNC2(C(F)(F)F)CC2)c(CNC=O)c1-c1ccc(=N)n(/C=C/c2ccnc(F)c2)n1.NC=O. The highest BCUT2D eigenvalue weighted by molar-refractivity contribution is 5.84. The lowest BCUT2D eigenvalue weighted by molar-refractivity contribution is -0.165. The first-order chi connectivity index (χ1) is 21.9. The Balaban J connectivity index is 0.00000185. The van der Waals surface area contributed by atoms with E-state index >= 15 is 0 Å². The second-order valence-corrected chi connectivity index (χ2v) is 9.84. The van der Waals surface area contributed by atoms with Crippen LogP contribution in [0.25, 0.3) is 29.1 Å². The first kappa shape index (κ1) is 35.2. The van der Waals surface area contributed by atoms with Gasteiger partial charge in [-0.25, -0.2) is 14.1 Å². The first-order valence-electron chi connectivity index (χ1n) is 13.8. The van der Waals surface area contributed by atoms with E-state index in [1.807, 2.05) is 0 Å². The van der Waals surface area contributed by atoms with E-state index in [-0.39, 0.29) is 44.4 Å². The number of pyridine rings is 1. The molecule has 16 heteroatoms. The molecule has 0 unspecified atom stereocenters. The summed E-state index contributed by atoms with van der Waals surface area (Å²) < 4.78 is 70.3. The number of aromatic nitrogens is 5. The maximum atomic E-state index is 13.6. The van der Waals surface area contributed by atoms with Gasteiger partial charge in [0.25, 0.3) is 0 Å². The summed E-state index contributed by atoms with van der Waals surface area (Å²) in [5, 5.41) is 22.7. The molecule has 5 N–H and O–H groups in total. The van der Waals surface area contributed by atoms with Crippen LogP contribution >= 0.6 is 0 Å². The largest absolute Gasteiger partial charge is 0.406 e. The number of allylic oxidation sites excluding steroid dienone is 5. The van der Waals surface area contributed by atoms with Crippen molar-refractivity contribution in [3.8, 4) is 11.3 Å². The minimum absolute atomic E-state index is 0.0120. The van der Waals surface area contributed by atoms with Crippen molar-refractivity contribution in [3.05, 3.63) is 89.5 Å². The standard InChI is InChI=1S/C29H29F5N8O.CH3NO/c1-3-21(5-4-19(2)30)27-26(22-6-7-25(35)42(39-22)14-9-20-8-12-37-24(31)16-20)23(17-36-18-43)41(40-27)15-13-38-28(10-11-28)29(32,33)34;2-1-3/h3-9,12,14,16,18,35,38H,2,10-11,13,15,17H2,1H3,(H,36,43);1H,(H2,2,3)/b5-4-,14-9+,21-3+,35-25?;. The van der Waals surface area contributed by atoms with Gasteiger partial charge in [-0.05, 0) is 61.3 Å². The molecule has 0 bridgehead atoms. The molecule has 1 fully saturated rings. The van der Waals surface area contributed by atoms with Crippen LogP contribution < -0.4 is 21.9 Å². The summed E-state index contributed by atoms with van der Waals surface area (Å²) >= 11 is 0. The Kier molecular flexibility index (Phi) is 12.0. The molecule has 11 nitrogen and oxygen atoms in total. The Morgan fingerprint density at radius 2 is 1.91 bits per heavy atom. The molecule has 0 aromatic carbocycles. The molecule has 3 aromatic rings. The Labute approximate surface area is 260 Å². The molecule has 2 amide bonds. The third-order valence-electron chi connectivity index (χ3n) is 6.79. The maximum Gasteiger partial charge on any atom is 0.406 e. The lowest BCUT2D eigenvalue weighted by Gasteiger charge is -2.21. The molecule has 0 radical (unpaired) electrons. The Bertz CT molecular complexity index is 1700. The molecule has 0 saturated heterocycles. The fourth-order valence-electron chi connectivity index (χ4n) is 4.41. The lowest BCUT2D eigenvalue weighted by atomic mass is 10.0. The quantitative estimate of drug-likeness (QED) is 0.0958. The number of amides is 2. The highest BCUT2D eigenvalue weighted by Gasteiger charge is 2.62. The van der Waals surface area contributed by atoms with E-state index in [2.05, 4.69) is 38.1 Å². The molecule has 3 heterocycles. The van der Waals surface area contributed by atoms with E-state index < -0.39 is 23.5 Å². The van der Waals surface area contributed by atoms with Gasteiger partial charge in [-0.15, -0.1) is 0 Å². The number of nitrogens with zero attached hydrogens (tertiary/aromatic N) is 5. The van der Waals surface area contributed by atoms with Crippen LogP contribution in [0.5, 0.6) is 0 Å². The van der Waals surface area contributed by atoms with Crippen LogP contribution in [0.3, 0.4) is 0 Å². The number of hydrogen-bond acceptors (Lipinski definition) is 7. The second kappa shape index (κ2) is 15.7. The van der Waals surface area contributed by atoms with Crippen LogP contribution in [-0.4, -0.2) is 55.6 Å². The Morgan fingerprint density at radius 3 is 2.50 bits per heavy atom. The number of primary amides is 1. The van der Waals surface area contributed by atoms with Crippen molar-refractivity contribution in [3.63, 3.8) is 0 Å². The van der Waals surface area contributed by atoms with Crippen LogP contribution in [0.15, 0.2) is 61.1 Å². The molecule has 0 aliphatic heterocycles. The second-order valence-electron chi connectivity index (χ2n) is 9.84. The zero-order chi connectivity index (χ0) is 33.9. The molecule has 3 aromatic heterocycles. The van der Waals surface area contributed by atoms with Crippen LogP contribution in [0, 0.1) is 11.4 Å². The number of hydrogen-bond donors (Lipinski definition) is 4. The van der Waals surface area contributed by atoms with E-state index in [9.17, 15) is 26.7 Å². The van der Waals surface area contributed by atoms with Crippen molar-refractivity contribution >= 4 is 30.7 Å². The summed E-state index contributed by atoms with van der Waals surface area (Å²) in [7, 11) is 0.